The maximum atomic E-state index is 13.2. The van der Waals surface area contributed by atoms with Crippen molar-refractivity contribution in [2.75, 3.05) is 18.4 Å². The molecule has 2 heterocycles. The van der Waals surface area contributed by atoms with E-state index < -0.39 is 0 Å². The molecule has 0 saturated carbocycles. The lowest BCUT2D eigenvalue weighted by atomic mass is 9.99. The zero-order valence-corrected chi connectivity index (χ0v) is 13.0. The number of piperidine rings is 1. The molecule has 5 nitrogen and oxygen atoms in total. The number of likely N-dealkylation sites (tertiary alicyclic amines) is 1. The smallest absolute Gasteiger partial charge is 0.272 e. The number of amides is 1. The summed E-state index contributed by atoms with van der Waals surface area (Å²) in [5.41, 5.74) is 0.933. The van der Waals surface area contributed by atoms with E-state index in [0.717, 1.165) is 25.9 Å². The van der Waals surface area contributed by atoms with E-state index in [0.29, 0.717) is 23.1 Å². The second kappa shape index (κ2) is 6.73. The zero-order valence-electron chi connectivity index (χ0n) is 13.0. The van der Waals surface area contributed by atoms with Gasteiger partial charge < -0.3 is 10.2 Å². The number of carbonyl (C=O) groups is 1. The van der Waals surface area contributed by atoms with Crippen molar-refractivity contribution >= 4 is 17.4 Å². The summed E-state index contributed by atoms with van der Waals surface area (Å²) in [5, 5.41) is 2.99. The fourth-order valence-corrected chi connectivity index (χ4v) is 2.63. The van der Waals surface area contributed by atoms with Gasteiger partial charge in [-0.15, -0.1) is 0 Å². The Morgan fingerprint density at radius 1 is 1.26 bits per heavy atom. The van der Waals surface area contributed by atoms with Gasteiger partial charge >= 0.3 is 0 Å². The number of nitrogens with one attached hydrogen (secondary N) is 1. The summed E-state index contributed by atoms with van der Waals surface area (Å²) < 4.78 is 13.2. The van der Waals surface area contributed by atoms with Crippen molar-refractivity contribution < 1.29 is 9.18 Å². The number of rotatable bonds is 3. The van der Waals surface area contributed by atoms with E-state index in [-0.39, 0.29) is 11.7 Å². The molecule has 1 aliphatic rings. The number of anilines is 2. The van der Waals surface area contributed by atoms with Crippen molar-refractivity contribution in [1.29, 1.82) is 0 Å². The zero-order chi connectivity index (χ0) is 16.2. The van der Waals surface area contributed by atoms with Gasteiger partial charge in [-0.25, -0.2) is 14.4 Å². The number of hydrogen-bond acceptors (Lipinski definition) is 4. The van der Waals surface area contributed by atoms with Crippen LogP contribution in [0.15, 0.2) is 36.7 Å². The van der Waals surface area contributed by atoms with Crippen LogP contribution in [-0.2, 0) is 0 Å². The van der Waals surface area contributed by atoms with Crippen molar-refractivity contribution in [2.24, 2.45) is 5.92 Å². The lowest BCUT2D eigenvalue weighted by Gasteiger charge is -2.30. The van der Waals surface area contributed by atoms with Gasteiger partial charge in [0.15, 0.2) is 0 Å². The maximum absolute atomic E-state index is 13.2. The van der Waals surface area contributed by atoms with E-state index in [9.17, 15) is 9.18 Å². The van der Waals surface area contributed by atoms with E-state index in [2.05, 4.69) is 22.2 Å². The molecule has 6 heteroatoms. The van der Waals surface area contributed by atoms with Gasteiger partial charge in [-0.2, -0.15) is 0 Å². The van der Waals surface area contributed by atoms with Gasteiger partial charge in [0.1, 0.15) is 23.7 Å². The van der Waals surface area contributed by atoms with Gasteiger partial charge in [-0.3, -0.25) is 4.79 Å². The van der Waals surface area contributed by atoms with Crippen LogP contribution in [0.2, 0.25) is 0 Å². The number of benzene rings is 1. The lowest BCUT2D eigenvalue weighted by Crippen LogP contribution is -2.38. The normalized spacial score (nSPS) is 15.5. The van der Waals surface area contributed by atoms with Crippen molar-refractivity contribution in [2.45, 2.75) is 19.8 Å². The molecule has 120 valence electrons. The molecule has 0 spiro atoms. The quantitative estimate of drug-likeness (QED) is 0.945. The second-order valence-electron chi connectivity index (χ2n) is 5.90. The van der Waals surface area contributed by atoms with E-state index in [1.165, 1.54) is 18.5 Å². The molecule has 0 bridgehead atoms. The summed E-state index contributed by atoms with van der Waals surface area (Å²) in [6, 6.07) is 7.69. The monoisotopic (exact) mass is 314 g/mol. The molecule has 1 amide bonds. The summed E-state index contributed by atoms with van der Waals surface area (Å²) in [4.78, 5) is 22.5. The first kappa shape index (κ1) is 15.4. The molecule has 1 aliphatic heterocycles. The van der Waals surface area contributed by atoms with Crippen LogP contribution in [0.4, 0.5) is 15.9 Å². The summed E-state index contributed by atoms with van der Waals surface area (Å²) in [7, 11) is 0. The molecule has 0 radical (unpaired) electrons. The van der Waals surface area contributed by atoms with Gasteiger partial charge in [0.25, 0.3) is 5.91 Å². The first-order valence-electron chi connectivity index (χ1n) is 7.76. The van der Waals surface area contributed by atoms with E-state index in [4.69, 9.17) is 0 Å². The molecule has 0 unspecified atom stereocenters. The number of aromatic nitrogens is 2. The first-order chi connectivity index (χ1) is 11.1. The van der Waals surface area contributed by atoms with Gasteiger partial charge in [0, 0.05) is 24.8 Å². The summed E-state index contributed by atoms with van der Waals surface area (Å²) in [6.07, 6.45) is 3.39. The summed E-state index contributed by atoms with van der Waals surface area (Å²) in [6.45, 7) is 3.72. The van der Waals surface area contributed by atoms with Crippen molar-refractivity contribution in [3.63, 3.8) is 0 Å². The van der Waals surface area contributed by atoms with Crippen LogP contribution in [-0.4, -0.2) is 33.9 Å². The fourth-order valence-electron chi connectivity index (χ4n) is 2.63. The predicted octanol–water partition coefficient (Wildman–Crippen LogP) is 3.23. The second-order valence-corrected chi connectivity index (χ2v) is 5.90. The van der Waals surface area contributed by atoms with Crippen LogP contribution in [0.5, 0.6) is 0 Å². The molecule has 1 aromatic heterocycles. The molecule has 0 atom stereocenters. The molecule has 1 fully saturated rings. The highest BCUT2D eigenvalue weighted by atomic mass is 19.1. The minimum Gasteiger partial charge on any atom is -0.340 e. The Morgan fingerprint density at radius 2 is 2.04 bits per heavy atom. The number of nitrogens with zero attached hydrogens (tertiary/aromatic N) is 3. The Morgan fingerprint density at radius 3 is 2.78 bits per heavy atom. The minimum atomic E-state index is -0.331. The third-order valence-electron chi connectivity index (χ3n) is 4.05. The van der Waals surface area contributed by atoms with Crippen molar-refractivity contribution in [3.05, 3.63) is 48.2 Å². The third kappa shape index (κ3) is 3.83. The molecular formula is C17H19FN4O. The van der Waals surface area contributed by atoms with Gasteiger partial charge in [-0.05, 0) is 37.0 Å². The first-order valence-corrected chi connectivity index (χ1v) is 7.76. The van der Waals surface area contributed by atoms with E-state index in [1.54, 1.807) is 18.2 Å². The predicted molar refractivity (Wildman–Crippen MR) is 86.0 cm³/mol. The number of halogens is 1. The van der Waals surface area contributed by atoms with Gasteiger partial charge in [0.05, 0.1) is 0 Å². The minimum absolute atomic E-state index is 0.0819. The highest BCUT2D eigenvalue weighted by Gasteiger charge is 2.22. The Labute approximate surface area is 134 Å². The standard InChI is InChI=1S/C17H19FN4O/c1-12-5-7-22(8-6-12)17(23)15-10-16(20-11-19-15)21-14-4-2-3-13(18)9-14/h2-4,9-12H,5-8H2,1H3,(H,19,20,21). The van der Waals surface area contributed by atoms with Crippen molar-refractivity contribution in [1.82, 2.24) is 14.9 Å². The average Bonchev–Trinajstić information content (AvgIpc) is 2.55. The molecule has 1 aromatic carbocycles. The summed E-state index contributed by atoms with van der Waals surface area (Å²) in [5.74, 6) is 0.721. The van der Waals surface area contributed by atoms with Crippen LogP contribution < -0.4 is 5.32 Å². The Balaban J connectivity index is 1.73. The molecule has 0 aliphatic carbocycles. The maximum Gasteiger partial charge on any atom is 0.272 e. The largest absolute Gasteiger partial charge is 0.340 e. The van der Waals surface area contributed by atoms with Crippen LogP contribution in [0.1, 0.15) is 30.3 Å². The summed E-state index contributed by atoms with van der Waals surface area (Å²) >= 11 is 0. The van der Waals surface area contributed by atoms with E-state index >= 15 is 0 Å². The molecule has 2 aromatic rings. The van der Waals surface area contributed by atoms with Crippen LogP contribution in [0.3, 0.4) is 0 Å². The fraction of sp³-hybridized carbons (Fsp3) is 0.353. The van der Waals surface area contributed by atoms with Crippen molar-refractivity contribution in [3.8, 4) is 0 Å². The molecule has 1 N–H and O–H groups in total. The average molecular weight is 314 g/mol. The molecule has 23 heavy (non-hydrogen) atoms. The lowest BCUT2D eigenvalue weighted by molar-refractivity contribution is 0.0691. The van der Waals surface area contributed by atoms with Gasteiger partial charge in [0.2, 0.25) is 0 Å². The highest BCUT2D eigenvalue weighted by molar-refractivity contribution is 5.93. The van der Waals surface area contributed by atoms with E-state index in [1.807, 2.05) is 4.90 Å². The molecule has 3 rings (SSSR count). The van der Waals surface area contributed by atoms with Gasteiger partial charge in [-0.1, -0.05) is 13.0 Å². The molecule has 1 saturated heterocycles. The Kier molecular flexibility index (Phi) is 4.50. The van der Waals surface area contributed by atoms with Crippen LogP contribution >= 0.6 is 0 Å². The topological polar surface area (TPSA) is 58.1 Å². The Bertz CT molecular complexity index is 698. The SMILES string of the molecule is CC1CCN(C(=O)c2cc(Nc3cccc(F)c3)ncn2)CC1. The highest BCUT2D eigenvalue weighted by Crippen LogP contribution is 2.19. The van der Waals surface area contributed by atoms with Crippen LogP contribution in [0, 0.1) is 11.7 Å². The molecular weight excluding hydrogens is 295 g/mol. The van der Waals surface area contributed by atoms with Crippen LogP contribution in [0.25, 0.3) is 0 Å². The third-order valence-corrected chi connectivity index (χ3v) is 4.05. The number of hydrogen-bond donors (Lipinski definition) is 1. The Hall–Kier alpha value is -2.50. The number of carbonyl (C=O) groups excluding carboxylic acids is 1.